The Balaban J connectivity index is 4.24. The fourth-order valence-electron chi connectivity index (χ4n) is 0.724. The highest BCUT2D eigenvalue weighted by molar-refractivity contribution is 7.87. The molecular formula is C7H11F3O4S. The van der Waals surface area contributed by atoms with Crippen LogP contribution in [0.2, 0.25) is 0 Å². The average molecular weight is 248 g/mol. The summed E-state index contributed by atoms with van der Waals surface area (Å²) >= 11 is 0. The normalized spacial score (nSPS) is 13.2. The van der Waals surface area contributed by atoms with Crippen molar-refractivity contribution in [2.75, 3.05) is 6.61 Å². The zero-order valence-corrected chi connectivity index (χ0v) is 8.98. The molecule has 0 heterocycles. The van der Waals surface area contributed by atoms with Crippen molar-refractivity contribution in [3.8, 4) is 0 Å². The van der Waals surface area contributed by atoms with Crippen LogP contribution in [0.15, 0.2) is 0 Å². The average Bonchev–Trinajstić information content (AvgIpc) is 1.97. The van der Waals surface area contributed by atoms with Gasteiger partial charge in [0.15, 0.2) is 5.78 Å². The van der Waals surface area contributed by atoms with E-state index in [9.17, 15) is 26.4 Å². The van der Waals surface area contributed by atoms with Crippen LogP contribution in [0.25, 0.3) is 0 Å². The Hall–Kier alpha value is -0.630. The molecule has 0 amide bonds. The molecule has 0 aromatic carbocycles. The number of Topliss-reactive ketones (excluding diaryl/α,β-unsaturated/α-hetero) is 1. The highest BCUT2D eigenvalue weighted by Gasteiger charge is 2.47. The first kappa shape index (κ1) is 14.4. The van der Waals surface area contributed by atoms with Gasteiger partial charge in [-0.15, -0.1) is 0 Å². The van der Waals surface area contributed by atoms with Crippen molar-refractivity contribution in [1.82, 2.24) is 0 Å². The van der Waals surface area contributed by atoms with E-state index in [-0.39, 0.29) is 12.3 Å². The molecule has 0 aliphatic heterocycles. The molecule has 0 fully saturated rings. The number of halogens is 3. The predicted octanol–water partition coefficient (Wildman–Crippen LogP) is 1.47. The largest absolute Gasteiger partial charge is 0.523 e. The van der Waals surface area contributed by atoms with E-state index >= 15 is 0 Å². The van der Waals surface area contributed by atoms with Crippen LogP contribution in [0, 0.1) is 5.92 Å². The second-order valence-corrected chi connectivity index (χ2v) is 4.91. The summed E-state index contributed by atoms with van der Waals surface area (Å²) in [4.78, 5) is 10.9. The van der Waals surface area contributed by atoms with Crippen LogP contribution in [0.3, 0.4) is 0 Å². The van der Waals surface area contributed by atoms with Crippen molar-refractivity contribution in [1.29, 1.82) is 0 Å². The van der Waals surface area contributed by atoms with Crippen LogP contribution in [0.4, 0.5) is 13.2 Å². The molecule has 0 N–H and O–H groups in total. The Morgan fingerprint density at radius 3 is 2.13 bits per heavy atom. The van der Waals surface area contributed by atoms with Crippen molar-refractivity contribution in [3.05, 3.63) is 0 Å². The molecule has 0 saturated heterocycles. The molecule has 8 heteroatoms. The van der Waals surface area contributed by atoms with Gasteiger partial charge in [-0.3, -0.25) is 8.98 Å². The lowest BCUT2D eigenvalue weighted by Gasteiger charge is -2.08. The predicted molar refractivity (Wildman–Crippen MR) is 45.4 cm³/mol. The summed E-state index contributed by atoms with van der Waals surface area (Å²) in [5, 5.41) is 0. The maximum atomic E-state index is 11.7. The minimum Gasteiger partial charge on any atom is -0.297 e. The second-order valence-electron chi connectivity index (χ2n) is 3.30. The molecule has 0 aromatic rings. The molecule has 0 spiro atoms. The van der Waals surface area contributed by atoms with Crippen molar-refractivity contribution in [3.63, 3.8) is 0 Å². The molecule has 0 aromatic heterocycles. The number of hydrogen-bond acceptors (Lipinski definition) is 4. The van der Waals surface area contributed by atoms with Gasteiger partial charge in [0, 0.05) is 6.42 Å². The monoisotopic (exact) mass is 248 g/mol. The molecule has 15 heavy (non-hydrogen) atoms. The van der Waals surface area contributed by atoms with Crippen LogP contribution in [-0.2, 0) is 19.1 Å². The number of alkyl halides is 3. The standard InChI is InChI=1S/C7H11F3O4S/c1-5(2)3-6(11)4-14-15(12,13)7(8,9)10/h5H,3-4H2,1-2H3. The highest BCUT2D eigenvalue weighted by atomic mass is 32.2. The van der Waals surface area contributed by atoms with Gasteiger partial charge in [-0.2, -0.15) is 21.6 Å². The number of carbonyl (C=O) groups is 1. The Bertz CT molecular complexity index is 318. The van der Waals surface area contributed by atoms with Gasteiger partial charge in [-0.25, -0.2) is 0 Å². The van der Waals surface area contributed by atoms with Gasteiger partial charge in [0.05, 0.1) is 0 Å². The van der Waals surface area contributed by atoms with E-state index in [2.05, 4.69) is 4.18 Å². The molecule has 0 aliphatic carbocycles. The lowest BCUT2D eigenvalue weighted by Crippen LogP contribution is -2.28. The van der Waals surface area contributed by atoms with E-state index in [1.807, 2.05) is 0 Å². The van der Waals surface area contributed by atoms with E-state index < -0.39 is 28.0 Å². The van der Waals surface area contributed by atoms with Crippen LogP contribution < -0.4 is 0 Å². The quantitative estimate of drug-likeness (QED) is 0.546. The van der Waals surface area contributed by atoms with Crippen molar-refractivity contribution in [2.24, 2.45) is 5.92 Å². The molecule has 4 nitrogen and oxygen atoms in total. The fourth-order valence-corrected chi connectivity index (χ4v) is 1.14. The van der Waals surface area contributed by atoms with Gasteiger partial charge in [-0.05, 0) is 5.92 Å². The van der Waals surface area contributed by atoms with Gasteiger partial charge in [-0.1, -0.05) is 13.8 Å². The van der Waals surface area contributed by atoms with Gasteiger partial charge in [0.25, 0.3) is 0 Å². The summed E-state index contributed by atoms with van der Waals surface area (Å²) in [5.74, 6) is -0.743. The zero-order chi connectivity index (χ0) is 12.3. The third kappa shape index (κ3) is 5.12. The molecule has 0 unspecified atom stereocenters. The molecule has 0 aliphatic rings. The topological polar surface area (TPSA) is 60.4 Å². The first-order valence-corrected chi connectivity index (χ1v) is 5.44. The van der Waals surface area contributed by atoms with E-state index in [0.717, 1.165) is 0 Å². The Morgan fingerprint density at radius 1 is 1.33 bits per heavy atom. The summed E-state index contributed by atoms with van der Waals surface area (Å²) < 4.78 is 59.4. The van der Waals surface area contributed by atoms with Gasteiger partial charge in [0.2, 0.25) is 0 Å². The molecule has 0 atom stereocenters. The summed E-state index contributed by atoms with van der Waals surface area (Å²) in [6.45, 7) is 2.28. The van der Waals surface area contributed by atoms with Crippen LogP contribution in [-0.4, -0.2) is 26.3 Å². The van der Waals surface area contributed by atoms with Crippen LogP contribution in [0.5, 0.6) is 0 Å². The Kier molecular flexibility index (Phi) is 4.72. The number of hydrogen-bond donors (Lipinski definition) is 0. The van der Waals surface area contributed by atoms with Gasteiger partial charge >= 0.3 is 15.6 Å². The summed E-state index contributed by atoms with van der Waals surface area (Å²) in [5.41, 5.74) is -5.48. The van der Waals surface area contributed by atoms with Gasteiger partial charge < -0.3 is 0 Å². The summed E-state index contributed by atoms with van der Waals surface area (Å²) in [7, 11) is -5.65. The summed E-state index contributed by atoms with van der Waals surface area (Å²) in [6.07, 6.45) is -0.0205. The third-order valence-electron chi connectivity index (χ3n) is 1.29. The maximum Gasteiger partial charge on any atom is 0.523 e. The van der Waals surface area contributed by atoms with Crippen LogP contribution >= 0.6 is 0 Å². The number of rotatable bonds is 5. The Labute approximate surface area is 85.5 Å². The minimum atomic E-state index is -5.65. The lowest BCUT2D eigenvalue weighted by atomic mass is 10.1. The zero-order valence-electron chi connectivity index (χ0n) is 8.17. The highest BCUT2D eigenvalue weighted by Crippen LogP contribution is 2.24. The molecule has 0 rings (SSSR count). The molecule has 0 bridgehead atoms. The van der Waals surface area contributed by atoms with Crippen molar-refractivity contribution < 1.29 is 30.6 Å². The molecule has 0 radical (unpaired) electrons. The third-order valence-corrected chi connectivity index (χ3v) is 2.29. The van der Waals surface area contributed by atoms with Crippen molar-refractivity contribution >= 4 is 15.9 Å². The number of carbonyl (C=O) groups excluding carboxylic acids is 1. The SMILES string of the molecule is CC(C)CC(=O)COS(=O)(=O)C(F)(F)F. The fraction of sp³-hybridized carbons (Fsp3) is 0.857. The van der Waals surface area contributed by atoms with E-state index in [4.69, 9.17) is 0 Å². The minimum absolute atomic E-state index is 0.0205. The Morgan fingerprint density at radius 2 is 1.80 bits per heavy atom. The second kappa shape index (κ2) is 4.93. The first-order valence-electron chi connectivity index (χ1n) is 4.03. The maximum absolute atomic E-state index is 11.7. The smallest absolute Gasteiger partial charge is 0.297 e. The lowest BCUT2D eigenvalue weighted by molar-refractivity contribution is -0.122. The molecular weight excluding hydrogens is 237 g/mol. The van der Waals surface area contributed by atoms with Crippen LogP contribution in [0.1, 0.15) is 20.3 Å². The van der Waals surface area contributed by atoms with E-state index in [1.165, 1.54) is 0 Å². The first-order chi connectivity index (χ1) is 6.56. The molecule has 0 saturated carbocycles. The van der Waals surface area contributed by atoms with E-state index in [0.29, 0.717) is 0 Å². The van der Waals surface area contributed by atoms with E-state index in [1.54, 1.807) is 13.8 Å². The van der Waals surface area contributed by atoms with Gasteiger partial charge in [0.1, 0.15) is 6.61 Å². The molecule has 90 valence electrons. The summed E-state index contributed by atoms with van der Waals surface area (Å²) in [6, 6.07) is 0. The number of ketones is 1. The van der Waals surface area contributed by atoms with Crippen molar-refractivity contribution in [2.45, 2.75) is 25.8 Å².